The highest BCUT2D eigenvalue weighted by Crippen LogP contribution is 2.30. The molecule has 1 unspecified atom stereocenters. The number of carboxylic acid groups (broad SMARTS) is 1. The summed E-state index contributed by atoms with van der Waals surface area (Å²) in [7, 11) is 1.61. The van der Waals surface area contributed by atoms with Crippen molar-refractivity contribution in [2.45, 2.75) is 19.4 Å². The molecule has 0 aliphatic carbocycles. The van der Waals surface area contributed by atoms with Crippen LogP contribution in [0.3, 0.4) is 0 Å². The van der Waals surface area contributed by atoms with Crippen molar-refractivity contribution in [3.05, 3.63) is 34.9 Å². The molecule has 0 radical (unpaired) electrons. The van der Waals surface area contributed by atoms with Gasteiger partial charge in [-0.2, -0.15) is 0 Å². The van der Waals surface area contributed by atoms with Crippen molar-refractivity contribution in [3.8, 4) is 11.3 Å². The van der Waals surface area contributed by atoms with Crippen LogP contribution in [0, 0.1) is 0 Å². The van der Waals surface area contributed by atoms with E-state index in [2.05, 4.69) is 10.5 Å². The van der Waals surface area contributed by atoms with Gasteiger partial charge in [0, 0.05) is 24.2 Å². The first-order valence-electron chi connectivity index (χ1n) is 6.82. The van der Waals surface area contributed by atoms with Crippen LogP contribution in [-0.2, 0) is 4.74 Å². The van der Waals surface area contributed by atoms with Crippen LogP contribution in [-0.4, -0.2) is 36.0 Å². The van der Waals surface area contributed by atoms with E-state index in [0.29, 0.717) is 17.1 Å². The molecule has 0 spiro atoms. The Morgan fingerprint density at radius 2 is 2.14 bits per heavy atom. The van der Waals surface area contributed by atoms with Crippen LogP contribution < -0.4 is 5.32 Å². The third-order valence-corrected chi connectivity index (χ3v) is 3.55. The van der Waals surface area contributed by atoms with Crippen LogP contribution >= 0.6 is 11.6 Å². The number of hydrogen-bond acceptors (Lipinski definition) is 5. The number of carbonyl (C=O) groups is 1. The van der Waals surface area contributed by atoms with Gasteiger partial charge in [-0.25, -0.2) is 4.79 Å². The highest BCUT2D eigenvalue weighted by Gasteiger charge is 2.24. The second kappa shape index (κ2) is 7.29. The van der Waals surface area contributed by atoms with E-state index in [1.807, 2.05) is 6.92 Å². The fourth-order valence-corrected chi connectivity index (χ4v) is 2.14. The number of carboxylic acids is 1. The van der Waals surface area contributed by atoms with Crippen molar-refractivity contribution in [2.75, 3.05) is 19.0 Å². The number of halogens is 1. The van der Waals surface area contributed by atoms with Gasteiger partial charge >= 0.3 is 5.97 Å². The number of ether oxygens (including phenoxy) is 1. The average Bonchev–Trinajstić information content (AvgIpc) is 2.93. The standard InChI is InChI=1S/C15H17ClN2O4/c1-3-11(21-2)8-17-14-12(15(19)20)13(22-18-14)9-4-6-10(16)7-5-9/h4-7,11H,3,8H2,1-2H3,(H,17,18)(H,19,20). The van der Waals surface area contributed by atoms with Gasteiger partial charge in [0.25, 0.3) is 0 Å². The second-order valence-corrected chi connectivity index (χ2v) is 5.13. The molecule has 2 aromatic rings. The van der Waals surface area contributed by atoms with Crippen molar-refractivity contribution in [3.63, 3.8) is 0 Å². The Kier molecular flexibility index (Phi) is 5.41. The molecule has 0 amide bonds. The predicted octanol–water partition coefficient (Wildman–Crippen LogP) is 3.53. The number of hydrogen-bond donors (Lipinski definition) is 2. The van der Waals surface area contributed by atoms with Crippen molar-refractivity contribution in [2.24, 2.45) is 0 Å². The monoisotopic (exact) mass is 324 g/mol. The quantitative estimate of drug-likeness (QED) is 0.810. The Morgan fingerprint density at radius 1 is 1.45 bits per heavy atom. The molecular formula is C15H17ClN2O4. The fourth-order valence-electron chi connectivity index (χ4n) is 2.01. The van der Waals surface area contributed by atoms with Crippen molar-refractivity contribution < 1.29 is 19.2 Å². The number of benzene rings is 1. The minimum atomic E-state index is -1.11. The maximum atomic E-state index is 11.5. The van der Waals surface area contributed by atoms with Gasteiger partial charge in [0.1, 0.15) is 0 Å². The smallest absolute Gasteiger partial charge is 0.343 e. The molecule has 0 saturated carbocycles. The lowest BCUT2D eigenvalue weighted by atomic mass is 10.1. The first-order valence-corrected chi connectivity index (χ1v) is 7.20. The summed E-state index contributed by atoms with van der Waals surface area (Å²) < 4.78 is 10.4. The first-order chi connectivity index (χ1) is 10.6. The molecule has 118 valence electrons. The summed E-state index contributed by atoms with van der Waals surface area (Å²) in [5.74, 6) is -0.732. The van der Waals surface area contributed by atoms with Gasteiger partial charge in [-0.3, -0.25) is 0 Å². The molecule has 0 aliphatic rings. The minimum absolute atomic E-state index is 0.00622. The van der Waals surface area contributed by atoms with Crippen LogP contribution in [0.2, 0.25) is 5.02 Å². The molecule has 0 aliphatic heterocycles. The molecule has 1 aromatic carbocycles. The SMILES string of the molecule is CCC(CNc1noc(-c2ccc(Cl)cc2)c1C(=O)O)OC. The highest BCUT2D eigenvalue weighted by molar-refractivity contribution is 6.30. The van der Waals surface area contributed by atoms with Gasteiger partial charge in [-0.1, -0.05) is 23.7 Å². The molecule has 2 rings (SSSR count). The number of aromatic nitrogens is 1. The van der Waals surface area contributed by atoms with Gasteiger partial charge in [0.15, 0.2) is 17.1 Å². The molecular weight excluding hydrogens is 308 g/mol. The zero-order valence-electron chi connectivity index (χ0n) is 12.3. The summed E-state index contributed by atoms with van der Waals surface area (Å²) in [4.78, 5) is 11.5. The molecule has 22 heavy (non-hydrogen) atoms. The molecule has 1 atom stereocenters. The van der Waals surface area contributed by atoms with Crippen LogP contribution in [0.15, 0.2) is 28.8 Å². The lowest BCUT2D eigenvalue weighted by Gasteiger charge is -2.13. The first kappa shape index (κ1) is 16.3. The lowest BCUT2D eigenvalue weighted by molar-refractivity contribution is 0.0697. The lowest BCUT2D eigenvalue weighted by Crippen LogP contribution is -2.22. The van der Waals surface area contributed by atoms with Gasteiger partial charge in [0.2, 0.25) is 0 Å². The maximum absolute atomic E-state index is 11.5. The Labute approximate surface area is 133 Å². The molecule has 1 aromatic heterocycles. The van der Waals surface area contributed by atoms with Crippen molar-refractivity contribution in [1.82, 2.24) is 5.16 Å². The van der Waals surface area contributed by atoms with E-state index in [0.717, 1.165) is 6.42 Å². The predicted molar refractivity (Wildman–Crippen MR) is 83.5 cm³/mol. The van der Waals surface area contributed by atoms with Crippen LogP contribution in [0.25, 0.3) is 11.3 Å². The Hall–Kier alpha value is -2.05. The van der Waals surface area contributed by atoms with Crippen molar-refractivity contribution >= 4 is 23.4 Å². The number of anilines is 1. The summed E-state index contributed by atoms with van der Waals surface area (Å²) in [6.07, 6.45) is 0.769. The Bertz CT molecular complexity index is 635. The summed E-state index contributed by atoms with van der Waals surface area (Å²) in [5, 5.41) is 16.8. The topological polar surface area (TPSA) is 84.6 Å². The molecule has 7 heteroatoms. The van der Waals surface area contributed by atoms with Crippen LogP contribution in [0.5, 0.6) is 0 Å². The molecule has 0 saturated heterocycles. The highest BCUT2D eigenvalue weighted by atomic mass is 35.5. The van der Waals surface area contributed by atoms with E-state index in [1.54, 1.807) is 31.4 Å². The van der Waals surface area contributed by atoms with Gasteiger partial charge in [0.05, 0.1) is 6.10 Å². The van der Waals surface area contributed by atoms with Crippen LogP contribution in [0.1, 0.15) is 23.7 Å². The molecule has 1 heterocycles. The average molecular weight is 325 g/mol. The third kappa shape index (κ3) is 3.58. The minimum Gasteiger partial charge on any atom is -0.477 e. The fraction of sp³-hybridized carbons (Fsp3) is 0.333. The number of rotatable bonds is 7. The van der Waals surface area contributed by atoms with Crippen LogP contribution in [0.4, 0.5) is 5.82 Å². The van der Waals surface area contributed by atoms with E-state index in [4.69, 9.17) is 20.9 Å². The van der Waals surface area contributed by atoms with Gasteiger partial charge in [-0.15, -0.1) is 0 Å². The maximum Gasteiger partial charge on any atom is 0.343 e. The van der Waals surface area contributed by atoms with E-state index in [9.17, 15) is 9.90 Å². The zero-order valence-corrected chi connectivity index (χ0v) is 13.1. The molecule has 2 N–H and O–H groups in total. The number of methoxy groups -OCH3 is 1. The summed E-state index contributed by atoms with van der Waals surface area (Å²) in [6.45, 7) is 2.43. The Morgan fingerprint density at radius 3 is 2.68 bits per heavy atom. The van der Waals surface area contributed by atoms with E-state index in [-0.39, 0.29) is 23.2 Å². The van der Waals surface area contributed by atoms with E-state index in [1.165, 1.54) is 0 Å². The summed E-state index contributed by atoms with van der Waals surface area (Å²) in [6, 6.07) is 6.69. The van der Waals surface area contributed by atoms with Gasteiger partial charge in [-0.05, 0) is 30.7 Å². The molecule has 0 fully saturated rings. The summed E-state index contributed by atoms with van der Waals surface area (Å²) in [5.41, 5.74) is 0.592. The largest absolute Gasteiger partial charge is 0.477 e. The van der Waals surface area contributed by atoms with Gasteiger partial charge < -0.3 is 19.7 Å². The van der Waals surface area contributed by atoms with E-state index >= 15 is 0 Å². The zero-order chi connectivity index (χ0) is 16.1. The molecule has 0 bridgehead atoms. The second-order valence-electron chi connectivity index (χ2n) is 4.69. The molecule has 6 nitrogen and oxygen atoms in total. The number of aromatic carboxylic acids is 1. The number of nitrogens with one attached hydrogen (secondary N) is 1. The third-order valence-electron chi connectivity index (χ3n) is 3.30. The Balaban J connectivity index is 2.29. The summed E-state index contributed by atoms with van der Waals surface area (Å²) >= 11 is 5.83. The number of nitrogens with zero attached hydrogens (tertiary/aromatic N) is 1. The normalized spacial score (nSPS) is 12.1. The van der Waals surface area contributed by atoms with E-state index < -0.39 is 5.97 Å². The van der Waals surface area contributed by atoms with Crippen molar-refractivity contribution in [1.29, 1.82) is 0 Å².